The Morgan fingerprint density at radius 3 is 2.50 bits per heavy atom. The van der Waals surface area contributed by atoms with E-state index in [9.17, 15) is 9.59 Å². The summed E-state index contributed by atoms with van der Waals surface area (Å²) in [4.78, 5) is 23.5. The molecule has 1 heterocycles. The Labute approximate surface area is 117 Å². The molecule has 0 bridgehead atoms. The van der Waals surface area contributed by atoms with Crippen LogP contribution in [-0.2, 0) is 11.3 Å². The van der Waals surface area contributed by atoms with Gasteiger partial charge in [-0.1, -0.05) is 29.8 Å². The summed E-state index contributed by atoms with van der Waals surface area (Å²) in [6, 6.07) is 10.9. The van der Waals surface area contributed by atoms with Gasteiger partial charge >= 0.3 is 0 Å². The topological polar surface area (TPSA) is 59.3 Å². The zero-order chi connectivity index (χ0) is 14.4. The van der Waals surface area contributed by atoms with Gasteiger partial charge in [0, 0.05) is 18.4 Å². The molecular weight excluding hydrogens is 254 g/mol. The molecule has 2 aromatic rings. The number of benzene rings is 1. The molecule has 20 heavy (non-hydrogen) atoms. The number of aryl methyl sites for hydroxylation is 1. The lowest BCUT2D eigenvalue weighted by Gasteiger charge is -2.03. The lowest BCUT2D eigenvalue weighted by atomic mass is 10.1. The van der Waals surface area contributed by atoms with Crippen LogP contribution in [0.2, 0.25) is 0 Å². The molecule has 0 saturated carbocycles. The third-order valence-corrected chi connectivity index (χ3v) is 2.99. The molecule has 2 rings (SSSR count). The van der Waals surface area contributed by atoms with Crippen molar-refractivity contribution in [2.75, 3.05) is 0 Å². The van der Waals surface area contributed by atoms with E-state index in [0.717, 1.165) is 5.56 Å². The molecule has 0 fully saturated rings. The molecule has 1 N–H and O–H groups in total. The van der Waals surface area contributed by atoms with Gasteiger partial charge in [-0.2, -0.15) is 0 Å². The molecule has 0 atom stereocenters. The largest absolute Gasteiger partial charge is 0.467 e. The van der Waals surface area contributed by atoms with Crippen LogP contribution < -0.4 is 5.32 Å². The monoisotopic (exact) mass is 271 g/mol. The van der Waals surface area contributed by atoms with Gasteiger partial charge in [-0.25, -0.2) is 0 Å². The van der Waals surface area contributed by atoms with Gasteiger partial charge in [-0.15, -0.1) is 0 Å². The van der Waals surface area contributed by atoms with E-state index < -0.39 is 0 Å². The van der Waals surface area contributed by atoms with Crippen molar-refractivity contribution in [1.29, 1.82) is 0 Å². The summed E-state index contributed by atoms with van der Waals surface area (Å²) in [6.45, 7) is 2.32. The maximum Gasteiger partial charge on any atom is 0.220 e. The number of furan rings is 1. The highest BCUT2D eigenvalue weighted by Gasteiger charge is 2.09. The SMILES string of the molecule is Cc1ccc(C(=O)CCC(=O)NCc2ccco2)cc1. The number of amides is 1. The minimum Gasteiger partial charge on any atom is -0.467 e. The average Bonchev–Trinajstić information content (AvgIpc) is 2.96. The van der Waals surface area contributed by atoms with Crippen molar-refractivity contribution in [3.63, 3.8) is 0 Å². The number of ketones is 1. The molecular formula is C16H17NO3. The van der Waals surface area contributed by atoms with Crippen molar-refractivity contribution in [1.82, 2.24) is 5.32 Å². The molecule has 104 valence electrons. The van der Waals surface area contributed by atoms with Crippen molar-refractivity contribution >= 4 is 11.7 Å². The fourth-order valence-corrected chi connectivity index (χ4v) is 1.80. The fraction of sp³-hybridized carbons (Fsp3) is 0.250. The Balaban J connectivity index is 1.75. The number of hydrogen-bond donors (Lipinski definition) is 1. The summed E-state index contributed by atoms with van der Waals surface area (Å²) in [5.41, 5.74) is 1.76. The van der Waals surface area contributed by atoms with Gasteiger partial charge in [0.2, 0.25) is 5.91 Å². The Morgan fingerprint density at radius 2 is 1.85 bits per heavy atom. The van der Waals surface area contributed by atoms with E-state index in [1.165, 1.54) is 0 Å². The normalized spacial score (nSPS) is 10.2. The lowest BCUT2D eigenvalue weighted by molar-refractivity contribution is -0.121. The molecule has 0 aliphatic carbocycles. The van der Waals surface area contributed by atoms with E-state index in [1.54, 1.807) is 30.5 Å². The summed E-state index contributed by atoms with van der Waals surface area (Å²) < 4.78 is 5.11. The molecule has 4 nitrogen and oxygen atoms in total. The molecule has 0 unspecified atom stereocenters. The highest BCUT2D eigenvalue weighted by Crippen LogP contribution is 2.07. The van der Waals surface area contributed by atoms with Crippen LogP contribution in [0.1, 0.15) is 34.5 Å². The maximum absolute atomic E-state index is 11.9. The second-order valence-corrected chi connectivity index (χ2v) is 4.65. The van der Waals surface area contributed by atoms with Crippen LogP contribution in [0.15, 0.2) is 47.1 Å². The van der Waals surface area contributed by atoms with E-state index in [-0.39, 0.29) is 24.5 Å². The molecule has 1 amide bonds. The maximum atomic E-state index is 11.9. The summed E-state index contributed by atoms with van der Waals surface area (Å²) in [5.74, 6) is 0.531. The molecule has 1 aromatic heterocycles. The van der Waals surface area contributed by atoms with Crippen molar-refractivity contribution in [2.45, 2.75) is 26.3 Å². The average molecular weight is 271 g/mol. The van der Waals surface area contributed by atoms with Crippen LogP contribution >= 0.6 is 0 Å². The first-order chi connectivity index (χ1) is 9.65. The standard InChI is InChI=1S/C16H17NO3/c1-12-4-6-13(7-5-12)15(18)8-9-16(19)17-11-14-3-2-10-20-14/h2-7,10H,8-9,11H2,1H3,(H,17,19). The van der Waals surface area contributed by atoms with E-state index in [1.807, 2.05) is 19.1 Å². The third kappa shape index (κ3) is 4.09. The van der Waals surface area contributed by atoms with E-state index in [2.05, 4.69) is 5.32 Å². The van der Waals surface area contributed by atoms with Crippen LogP contribution in [0.4, 0.5) is 0 Å². The third-order valence-electron chi connectivity index (χ3n) is 2.99. The van der Waals surface area contributed by atoms with Crippen molar-refractivity contribution in [3.8, 4) is 0 Å². The first kappa shape index (κ1) is 14.1. The summed E-state index contributed by atoms with van der Waals surface area (Å²) in [7, 11) is 0. The molecule has 1 aromatic carbocycles. The minimum absolute atomic E-state index is 0.0156. The lowest BCUT2D eigenvalue weighted by Crippen LogP contribution is -2.23. The van der Waals surface area contributed by atoms with Crippen molar-refractivity contribution in [2.24, 2.45) is 0 Å². The second-order valence-electron chi connectivity index (χ2n) is 4.65. The Hall–Kier alpha value is -2.36. The summed E-state index contributed by atoms with van der Waals surface area (Å²) in [5, 5.41) is 2.72. The minimum atomic E-state index is -0.151. The summed E-state index contributed by atoms with van der Waals surface area (Å²) in [6.07, 6.45) is 1.96. The number of rotatable bonds is 6. The van der Waals surface area contributed by atoms with Crippen LogP contribution in [0.5, 0.6) is 0 Å². The molecule has 4 heteroatoms. The summed E-state index contributed by atoms with van der Waals surface area (Å²) >= 11 is 0. The number of carbonyl (C=O) groups excluding carboxylic acids is 2. The van der Waals surface area contributed by atoms with E-state index in [4.69, 9.17) is 4.42 Å². The molecule has 0 radical (unpaired) electrons. The van der Waals surface area contributed by atoms with Gasteiger partial charge in [0.1, 0.15) is 5.76 Å². The first-order valence-corrected chi connectivity index (χ1v) is 6.54. The number of Topliss-reactive ketones (excluding diaryl/α,β-unsaturated/α-hetero) is 1. The highest BCUT2D eigenvalue weighted by molar-refractivity contribution is 5.97. The second kappa shape index (κ2) is 6.70. The number of nitrogens with one attached hydrogen (secondary N) is 1. The van der Waals surface area contributed by atoms with Crippen LogP contribution in [-0.4, -0.2) is 11.7 Å². The van der Waals surface area contributed by atoms with Crippen molar-refractivity contribution < 1.29 is 14.0 Å². The van der Waals surface area contributed by atoms with Crippen LogP contribution in [0.3, 0.4) is 0 Å². The zero-order valence-corrected chi connectivity index (χ0v) is 11.4. The van der Waals surface area contributed by atoms with Crippen molar-refractivity contribution in [3.05, 3.63) is 59.5 Å². The molecule has 0 aliphatic rings. The Kier molecular flexibility index (Phi) is 4.71. The quantitative estimate of drug-likeness (QED) is 0.822. The smallest absolute Gasteiger partial charge is 0.220 e. The van der Waals surface area contributed by atoms with E-state index in [0.29, 0.717) is 17.9 Å². The van der Waals surface area contributed by atoms with Crippen LogP contribution in [0, 0.1) is 6.92 Å². The number of hydrogen-bond acceptors (Lipinski definition) is 3. The number of carbonyl (C=O) groups is 2. The van der Waals surface area contributed by atoms with Gasteiger partial charge in [0.05, 0.1) is 12.8 Å². The predicted molar refractivity (Wildman–Crippen MR) is 75.3 cm³/mol. The predicted octanol–water partition coefficient (Wildman–Crippen LogP) is 2.87. The zero-order valence-electron chi connectivity index (χ0n) is 11.4. The first-order valence-electron chi connectivity index (χ1n) is 6.54. The van der Waals surface area contributed by atoms with Gasteiger partial charge < -0.3 is 9.73 Å². The molecule has 0 saturated heterocycles. The van der Waals surface area contributed by atoms with Crippen LogP contribution in [0.25, 0.3) is 0 Å². The highest BCUT2D eigenvalue weighted by atomic mass is 16.3. The molecule has 0 aliphatic heterocycles. The van der Waals surface area contributed by atoms with Gasteiger partial charge in [0.15, 0.2) is 5.78 Å². The fourth-order valence-electron chi connectivity index (χ4n) is 1.80. The molecule has 0 spiro atoms. The van der Waals surface area contributed by atoms with Gasteiger partial charge in [-0.3, -0.25) is 9.59 Å². The van der Waals surface area contributed by atoms with E-state index >= 15 is 0 Å². The van der Waals surface area contributed by atoms with Gasteiger partial charge in [-0.05, 0) is 19.1 Å². The Bertz CT molecular complexity index is 570. The van der Waals surface area contributed by atoms with Gasteiger partial charge in [0.25, 0.3) is 0 Å². The Morgan fingerprint density at radius 1 is 1.10 bits per heavy atom.